The van der Waals surface area contributed by atoms with E-state index in [-0.39, 0.29) is 18.4 Å². The molecule has 15 heavy (non-hydrogen) atoms. The molecule has 0 spiro atoms. The highest BCUT2D eigenvalue weighted by atomic mass is 16.3. The molecule has 1 N–H and O–H groups in total. The lowest BCUT2D eigenvalue weighted by atomic mass is 9.91. The maximum Gasteiger partial charge on any atom is 0.242 e. The Labute approximate surface area is 89.7 Å². The maximum atomic E-state index is 11.6. The molecule has 0 radical (unpaired) electrons. The van der Waals surface area contributed by atoms with Crippen molar-refractivity contribution in [3.63, 3.8) is 0 Å². The third-order valence-corrected chi connectivity index (χ3v) is 2.89. The fraction of sp³-hybridized carbons (Fsp3) is 0.800. The molecule has 1 saturated heterocycles. The topological polar surface area (TPSA) is 60.9 Å². The van der Waals surface area contributed by atoms with Gasteiger partial charge in [0.15, 0.2) is 0 Å². The van der Waals surface area contributed by atoms with Crippen LogP contribution in [0.1, 0.15) is 20.3 Å². The first kappa shape index (κ1) is 12.0. The van der Waals surface area contributed by atoms with Gasteiger partial charge in [0.1, 0.15) is 0 Å². The zero-order valence-corrected chi connectivity index (χ0v) is 9.49. The van der Waals surface area contributed by atoms with Gasteiger partial charge in [0.2, 0.25) is 11.8 Å². The molecule has 0 aromatic rings. The standard InChI is InChI=1S/C10H18N2O3/c1-4-10(15)6-12(7-10)9(14)5-11(3)8(2)13/h15H,4-7H2,1-3H3. The quantitative estimate of drug-likeness (QED) is 0.685. The van der Waals surface area contributed by atoms with Crippen LogP contribution in [0.2, 0.25) is 0 Å². The van der Waals surface area contributed by atoms with Gasteiger partial charge >= 0.3 is 0 Å². The monoisotopic (exact) mass is 214 g/mol. The summed E-state index contributed by atoms with van der Waals surface area (Å²) in [5.74, 6) is -0.236. The van der Waals surface area contributed by atoms with Gasteiger partial charge in [0, 0.05) is 14.0 Å². The van der Waals surface area contributed by atoms with Crippen LogP contribution in [0, 0.1) is 0 Å². The second-order valence-corrected chi connectivity index (χ2v) is 4.20. The molecule has 1 heterocycles. The molecule has 1 fully saturated rings. The Morgan fingerprint density at radius 2 is 2.00 bits per heavy atom. The van der Waals surface area contributed by atoms with Crippen LogP contribution in [0.4, 0.5) is 0 Å². The second kappa shape index (κ2) is 4.18. The van der Waals surface area contributed by atoms with Gasteiger partial charge in [-0.25, -0.2) is 0 Å². The average Bonchev–Trinajstić information content (AvgIpc) is 2.12. The van der Waals surface area contributed by atoms with E-state index in [0.717, 1.165) is 0 Å². The van der Waals surface area contributed by atoms with Gasteiger partial charge in [-0.2, -0.15) is 0 Å². The van der Waals surface area contributed by atoms with Crippen molar-refractivity contribution in [1.82, 2.24) is 9.80 Å². The van der Waals surface area contributed by atoms with Crippen molar-refractivity contribution in [1.29, 1.82) is 0 Å². The van der Waals surface area contributed by atoms with Gasteiger partial charge < -0.3 is 14.9 Å². The molecule has 86 valence electrons. The Morgan fingerprint density at radius 1 is 1.47 bits per heavy atom. The predicted molar refractivity (Wildman–Crippen MR) is 55.1 cm³/mol. The van der Waals surface area contributed by atoms with Crippen LogP contribution in [0.3, 0.4) is 0 Å². The van der Waals surface area contributed by atoms with E-state index in [0.29, 0.717) is 19.5 Å². The Morgan fingerprint density at radius 3 is 2.40 bits per heavy atom. The maximum absolute atomic E-state index is 11.6. The lowest BCUT2D eigenvalue weighted by Crippen LogP contribution is -2.64. The van der Waals surface area contributed by atoms with Crippen molar-refractivity contribution in [2.45, 2.75) is 25.9 Å². The van der Waals surface area contributed by atoms with E-state index in [1.807, 2.05) is 6.92 Å². The number of carbonyl (C=O) groups is 2. The van der Waals surface area contributed by atoms with Gasteiger partial charge in [0.25, 0.3) is 0 Å². The molecule has 0 aromatic heterocycles. The van der Waals surface area contributed by atoms with Gasteiger partial charge in [-0.05, 0) is 6.42 Å². The Kier molecular flexibility index (Phi) is 3.34. The minimum atomic E-state index is -0.704. The summed E-state index contributed by atoms with van der Waals surface area (Å²) in [7, 11) is 1.59. The number of nitrogens with zero attached hydrogens (tertiary/aromatic N) is 2. The molecule has 0 unspecified atom stereocenters. The Hall–Kier alpha value is -1.10. The summed E-state index contributed by atoms with van der Waals surface area (Å²) in [5.41, 5.74) is -0.704. The predicted octanol–water partition coefficient (Wildman–Crippen LogP) is -0.552. The highest BCUT2D eigenvalue weighted by Crippen LogP contribution is 2.23. The SMILES string of the molecule is CCC1(O)CN(C(=O)CN(C)C(C)=O)C1. The first-order valence-electron chi connectivity index (χ1n) is 5.10. The fourth-order valence-electron chi connectivity index (χ4n) is 1.48. The summed E-state index contributed by atoms with van der Waals surface area (Å²) >= 11 is 0. The van der Waals surface area contributed by atoms with Crippen molar-refractivity contribution in [3.8, 4) is 0 Å². The smallest absolute Gasteiger partial charge is 0.242 e. The second-order valence-electron chi connectivity index (χ2n) is 4.20. The van der Waals surface area contributed by atoms with Crippen LogP contribution < -0.4 is 0 Å². The number of aliphatic hydroxyl groups is 1. The summed E-state index contributed by atoms with van der Waals surface area (Å²) < 4.78 is 0. The van der Waals surface area contributed by atoms with Crippen molar-refractivity contribution >= 4 is 11.8 Å². The molecular weight excluding hydrogens is 196 g/mol. The molecule has 0 bridgehead atoms. The minimum absolute atomic E-state index is 0.0924. The summed E-state index contributed by atoms with van der Waals surface area (Å²) in [4.78, 5) is 25.4. The lowest BCUT2D eigenvalue weighted by Gasteiger charge is -2.46. The van der Waals surface area contributed by atoms with Crippen LogP contribution in [-0.2, 0) is 9.59 Å². The molecule has 1 aliphatic heterocycles. The van der Waals surface area contributed by atoms with Crippen molar-refractivity contribution in [3.05, 3.63) is 0 Å². The van der Waals surface area contributed by atoms with Crippen LogP contribution in [-0.4, -0.2) is 59.0 Å². The van der Waals surface area contributed by atoms with Crippen molar-refractivity contribution in [2.75, 3.05) is 26.7 Å². The van der Waals surface area contributed by atoms with Crippen LogP contribution in [0.15, 0.2) is 0 Å². The average molecular weight is 214 g/mol. The molecule has 0 aromatic carbocycles. The Bertz CT molecular complexity index is 272. The van der Waals surface area contributed by atoms with Gasteiger partial charge in [-0.15, -0.1) is 0 Å². The van der Waals surface area contributed by atoms with E-state index in [4.69, 9.17) is 0 Å². The van der Waals surface area contributed by atoms with Crippen LogP contribution >= 0.6 is 0 Å². The number of rotatable bonds is 3. The molecule has 1 aliphatic rings. The summed E-state index contributed by atoms with van der Waals surface area (Å²) in [5, 5.41) is 9.71. The number of likely N-dealkylation sites (tertiary alicyclic amines) is 1. The van der Waals surface area contributed by atoms with Gasteiger partial charge in [-0.1, -0.05) is 6.92 Å². The number of carbonyl (C=O) groups excluding carboxylic acids is 2. The van der Waals surface area contributed by atoms with E-state index >= 15 is 0 Å². The minimum Gasteiger partial charge on any atom is -0.386 e. The summed E-state index contributed by atoms with van der Waals surface area (Å²) in [6.07, 6.45) is 0.652. The zero-order valence-electron chi connectivity index (χ0n) is 9.49. The van der Waals surface area contributed by atoms with E-state index < -0.39 is 5.60 Å². The van der Waals surface area contributed by atoms with Gasteiger partial charge in [-0.3, -0.25) is 9.59 Å². The van der Waals surface area contributed by atoms with E-state index in [1.165, 1.54) is 11.8 Å². The highest BCUT2D eigenvalue weighted by Gasteiger charge is 2.41. The molecule has 2 amide bonds. The van der Waals surface area contributed by atoms with Crippen molar-refractivity contribution < 1.29 is 14.7 Å². The molecule has 0 saturated carbocycles. The third-order valence-electron chi connectivity index (χ3n) is 2.89. The zero-order chi connectivity index (χ0) is 11.6. The van der Waals surface area contributed by atoms with Crippen molar-refractivity contribution in [2.24, 2.45) is 0 Å². The number of likely N-dealkylation sites (N-methyl/N-ethyl adjacent to an activating group) is 1. The Balaban J connectivity index is 2.36. The fourth-order valence-corrected chi connectivity index (χ4v) is 1.48. The van der Waals surface area contributed by atoms with E-state index in [1.54, 1.807) is 11.9 Å². The summed E-state index contributed by atoms with van der Waals surface area (Å²) in [6, 6.07) is 0. The molecule has 5 heteroatoms. The number of β-amino-alcohol motifs (C(OH)–C–C–N with tert-alkyl or cyclic N) is 1. The van der Waals surface area contributed by atoms with E-state index in [2.05, 4.69) is 0 Å². The lowest BCUT2D eigenvalue weighted by molar-refractivity contribution is -0.158. The largest absolute Gasteiger partial charge is 0.386 e. The summed E-state index contributed by atoms with van der Waals surface area (Å²) in [6.45, 7) is 4.17. The highest BCUT2D eigenvalue weighted by molar-refractivity contribution is 5.84. The van der Waals surface area contributed by atoms with Crippen LogP contribution in [0.25, 0.3) is 0 Å². The molecule has 5 nitrogen and oxygen atoms in total. The third kappa shape index (κ3) is 2.68. The molecule has 0 aliphatic carbocycles. The number of hydrogen-bond acceptors (Lipinski definition) is 3. The first-order valence-corrected chi connectivity index (χ1v) is 5.10. The normalized spacial score (nSPS) is 18.3. The van der Waals surface area contributed by atoms with Crippen LogP contribution in [0.5, 0.6) is 0 Å². The molecular formula is C10H18N2O3. The first-order chi connectivity index (χ1) is 6.88. The van der Waals surface area contributed by atoms with E-state index in [9.17, 15) is 14.7 Å². The number of hydrogen-bond donors (Lipinski definition) is 1. The number of amides is 2. The molecule has 0 atom stereocenters. The molecule has 1 rings (SSSR count). The van der Waals surface area contributed by atoms with Gasteiger partial charge in [0.05, 0.1) is 25.2 Å².